The second-order valence-electron chi connectivity index (χ2n) is 5.83. The highest BCUT2D eigenvalue weighted by Gasteiger charge is 2.29. The van der Waals surface area contributed by atoms with E-state index >= 15 is 0 Å². The van der Waals surface area contributed by atoms with Gasteiger partial charge in [-0.1, -0.05) is 30.3 Å². The minimum atomic E-state index is -0.248. The maximum Gasteiger partial charge on any atom is 0.186 e. The predicted molar refractivity (Wildman–Crippen MR) is 94.8 cm³/mol. The van der Waals surface area contributed by atoms with Gasteiger partial charge in [0.25, 0.3) is 0 Å². The number of fused-ring (bicyclic) bond motifs is 3. The molecular weight excluding hydrogens is 305 g/mol. The maximum absolute atomic E-state index is 12.9. The third kappa shape index (κ3) is 2.63. The summed E-state index contributed by atoms with van der Waals surface area (Å²) < 4.78 is 19.1. The molecule has 0 fully saturated rings. The summed E-state index contributed by atoms with van der Waals surface area (Å²) in [6.07, 6.45) is -0.112. The van der Waals surface area contributed by atoms with E-state index in [0.29, 0.717) is 6.54 Å². The standard InChI is InChI=1S/C19H18FN3O/c1-23-17-11-6-13-4-2-3-5-16(13)19(17)24-18(23)12-21-22-15-9-7-14(20)8-10-15/h2-11,18,21-22H,12H2,1H3. The lowest BCUT2D eigenvalue weighted by molar-refractivity contribution is 0.230. The van der Waals surface area contributed by atoms with Crippen LogP contribution in [-0.2, 0) is 0 Å². The zero-order chi connectivity index (χ0) is 16.5. The smallest absolute Gasteiger partial charge is 0.186 e. The van der Waals surface area contributed by atoms with Crippen LogP contribution in [0.3, 0.4) is 0 Å². The second kappa shape index (κ2) is 6.02. The number of nitrogens with one attached hydrogen (secondary N) is 2. The molecule has 1 aliphatic heterocycles. The topological polar surface area (TPSA) is 36.5 Å². The number of hydrazine groups is 1. The molecular formula is C19H18FN3O. The minimum absolute atomic E-state index is 0.112. The van der Waals surface area contributed by atoms with Gasteiger partial charge in [-0.15, -0.1) is 0 Å². The molecule has 0 bridgehead atoms. The normalized spacial score (nSPS) is 16.1. The van der Waals surface area contributed by atoms with Crippen LogP contribution in [0, 0.1) is 5.82 Å². The van der Waals surface area contributed by atoms with Crippen molar-refractivity contribution in [1.29, 1.82) is 0 Å². The fourth-order valence-electron chi connectivity index (χ4n) is 2.96. The fraction of sp³-hybridized carbons (Fsp3) is 0.158. The first-order valence-corrected chi connectivity index (χ1v) is 7.88. The first-order chi connectivity index (χ1) is 11.7. The van der Waals surface area contributed by atoms with Gasteiger partial charge in [0.1, 0.15) is 5.82 Å². The van der Waals surface area contributed by atoms with Gasteiger partial charge in [-0.3, -0.25) is 0 Å². The second-order valence-corrected chi connectivity index (χ2v) is 5.83. The van der Waals surface area contributed by atoms with Gasteiger partial charge < -0.3 is 15.1 Å². The summed E-state index contributed by atoms with van der Waals surface area (Å²) in [6.45, 7) is 0.580. The van der Waals surface area contributed by atoms with Crippen molar-refractivity contribution in [3.63, 3.8) is 0 Å². The molecule has 0 saturated heterocycles. The Morgan fingerprint density at radius 1 is 1.04 bits per heavy atom. The molecule has 1 unspecified atom stereocenters. The summed E-state index contributed by atoms with van der Waals surface area (Å²) in [5, 5.41) is 2.29. The van der Waals surface area contributed by atoms with Gasteiger partial charge in [-0.05, 0) is 35.7 Å². The summed E-state index contributed by atoms with van der Waals surface area (Å²) in [4.78, 5) is 2.11. The highest BCUT2D eigenvalue weighted by atomic mass is 19.1. The highest BCUT2D eigenvalue weighted by molar-refractivity contribution is 5.94. The lowest BCUT2D eigenvalue weighted by Gasteiger charge is -2.21. The van der Waals surface area contributed by atoms with Crippen LogP contribution in [-0.4, -0.2) is 19.8 Å². The molecule has 0 aliphatic carbocycles. The summed E-state index contributed by atoms with van der Waals surface area (Å²) >= 11 is 0. The third-order valence-electron chi connectivity index (χ3n) is 4.28. The molecule has 0 amide bonds. The molecule has 0 saturated carbocycles. The van der Waals surface area contributed by atoms with Gasteiger partial charge in [-0.2, -0.15) is 0 Å². The number of anilines is 2. The Morgan fingerprint density at radius 2 is 1.83 bits per heavy atom. The zero-order valence-electron chi connectivity index (χ0n) is 13.3. The molecule has 3 aromatic carbocycles. The van der Waals surface area contributed by atoms with E-state index in [9.17, 15) is 4.39 Å². The number of rotatable bonds is 4. The van der Waals surface area contributed by atoms with Crippen LogP contribution in [0.25, 0.3) is 10.8 Å². The lowest BCUT2D eigenvalue weighted by Crippen LogP contribution is -2.42. The highest BCUT2D eigenvalue weighted by Crippen LogP contribution is 2.41. The first kappa shape index (κ1) is 14.8. The number of ether oxygens (including phenoxy) is 1. The van der Waals surface area contributed by atoms with E-state index in [1.54, 1.807) is 12.1 Å². The number of benzene rings is 3. The van der Waals surface area contributed by atoms with E-state index < -0.39 is 0 Å². The van der Waals surface area contributed by atoms with Crippen molar-refractivity contribution in [3.05, 3.63) is 66.5 Å². The minimum Gasteiger partial charge on any atom is -0.466 e. The largest absolute Gasteiger partial charge is 0.466 e. The Hall–Kier alpha value is -2.79. The van der Waals surface area contributed by atoms with Gasteiger partial charge >= 0.3 is 0 Å². The average Bonchev–Trinajstić information content (AvgIpc) is 2.93. The molecule has 1 aliphatic rings. The van der Waals surface area contributed by atoms with Gasteiger partial charge in [0.15, 0.2) is 12.0 Å². The SMILES string of the molecule is CN1c2ccc3ccccc3c2OC1CNNc1ccc(F)cc1. The van der Waals surface area contributed by atoms with Crippen molar-refractivity contribution >= 4 is 22.1 Å². The van der Waals surface area contributed by atoms with Crippen molar-refractivity contribution in [3.8, 4) is 5.75 Å². The van der Waals surface area contributed by atoms with Crippen molar-refractivity contribution in [1.82, 2.24) is 5.43 Å². The predicted octanol–water partition coefficient (Wildman–Crippen LogP) is 3.75. The molecule has 122 valence electrons. The van der Waals surface area contributed by atoms with E-state index in [2.05, 4.69) is 40.0 Å². The summed E-state index contributed by atoms with van der Waals surface area (Å²) in [6, 6.07) is 18.6. The summed E-state index contributed by atoms with van der Waals surface area (Å²) in [7, 11) is 2.02. The van der Waals surface area contributed by atoms with Crippen molar-refractivity contribution in [2.45, 2.75) is 6.23 Å². The molecule has 0 aromatic heterocycles. The van der Waals surface area contributed by atoms with Gasteiger partial charge in [-0.25, -0.2) is 9.82 Å². The van der Waals surface area contributed by atoms with Crippen molar-refractivity contribution < 1.29 is 9.13 Å². The third-order valence-corrected chi connectivity index (χ3v) is 4.28. The maximum atomic E-state index is 12.9. The number of halogens is 1. The number of likely N-dealkylation sites (N-methyl/N-ethyl adjacent to an activating group) is 1. The van der Waals surface area contributed by atoms with E-state index in [0.717, 1.165) is 22.5 Å². The van der Waals surface area contributed by atoms with Crippen LogP contribution in [0.4, 0.5) is 15.8 Å². The molecule has 24 heavy (non-hydrogen) atoms. The van der Waals surface area contributed by atoms with Crippen LogP contribution in [0.2, 0.25) is 0 Å². The summed E-state index contributed by atoms with van der Waals surface area (Å²) in [5.41, 5.74) is 8.09. The molecule has 1 atom stereocenters. The fourth-order valence-corrected chi connectivity index (χ4v) is 2.96. The number of hydrogen-bond donors (Lipinski definition) is 2. The molecule has 4 rings (SSSR count). The molecule has 0 spiro atoms. The van der Waals surface area contributed by atoms with Crippen LogP contribution in [0.5, 0.6) is 5.75 Å². The van der Waals surface area contributed by atoms with E-state index in [4.69, 9.17) is 4.74 Å². The lowest BCUT2D eigenvalue weighted by atomic mass is 10.1. The average molecular weight is 323 g/mol. The first-order valence-electron chi connectivity index (χ1n) is 7.88. The Balaban J connectivity index is 1.46. The monoisotopic (exact) mass is 323 g/mol. The molecule has 0 radical (unpaired) electrons. The molecule has 4 nitrogen and oxygen atoms in total. The summed E-state index contributed by atoms with van der Waals surface area (Å²) in [5.74, 6) is 0.672. The van der Waals surface area contributed by atoms with Crippen LogP contribution >= 0.6 is 0 Å². The van der Waals surface area contributed by atoms with Crippen LogP contribution in [0.15, 0.2) is 60.7 Å². The Kier molecular flexibility index (Phi) is 3.70. The Bertz CT molecular complexity index is 866. The van der Waals surface area contributed by atoms with Gasteiger partial charge in [0, 0.05) is 18.1 Å². The number of nitrogens with zero attached hydrogens (tertiary/aromatic N) is 1. The Labute approximate surface area is 139 Å². The molecule has 2 N–H and O–H groups in total. The van der Waals surface area contributed by atoms with Crippen LogP contribution in [0.1, 0.15) is 0 Å². The van der Waals surface area contributed by atoms with Crippen LogP contribution < -0.4 is 20.5 Å². The zero-order valence-corrected chi connectivity index (χ0v) is 13.3. The molecule has 5 heteroatoms. The van der Waals surface area contributed by atoms with E-state index in [1.807, 2.05) is 19.2 Å². The number of hydrogen-bond acceptors (Lipinski definition) is 4. The van der Waals surface area contributed by atoms with E-state index in [1.165, 1.54) is 17.5 Å². The quantitative estimate of drug-likeness (QED) is 0.717. The molecule has 3 aromatic rings. The van der Waals surface area contributed by atoms with Crippen molar-refractivity contribution in [2.75, 3.05) is 23.9 Å². The van der Waals surface area contributed by atoms with Gasteiger partial charge in [0.2, 0.25) is 0 Å². The van der Waals surface area contributed by atoms with Gasteiger partial charge in [0.05, 0.1) is 12.2 Å². The molecule has 1 heterocycles. The van der Waals surface area contributed by atoms with Crippen molar-refractivity contribution in [2.24, 2.45) is 0 Å². The van der Waals surface area contributed by atoms with E-state index in [-0.39, 0.29) is 12.0 Å². The Morgan fingerprint density at radius 3 is 2.67 bits per heavy atom.